The third-order valence-corrected chi connectivity index (χ3v) is 2.12. The second-order valence-corrected chi connectivity index (χ2v) is 3.67. The average molecular weight is 236 g/mol. The van der Waals surface area contributed by atoms with E-state index in [0.29, 0.717) is 5.11 Å². The van der Waals surface area contributed by atoms with Crippen LogP contribution in [0, 0.1) is 0 Å². The highest BCUT2D eigenvalue weighted by atomic mass is 32.1. The number of hydrazone groups is 1. The molecule has 86 valence electrons. The largest absolute Gasteiger partial charge is 0.361 e. The Morgan fingerprint density at radius 3 is 3.19 bits per heavy atom. The summed E-state index contributed by atoms with van der Waals surface area (Å²) in [4.78, 5) is 3.98. The average Bonchev–Trinajstić information content (AvgIpc) is 2.31. The van der Waals surface area contributed by atoms with Gasteiger partial charge in [-0.2, -0.15) is 5.10 Å². The van der Waals surface area contributed by atoms with Gasteiger partial charge in [0.05, 0.1) is 6.21 Å². The quantitative estimate of drug-likeness (QED) is 0.353. The van der Waals surface area contributed by atoms with Crippen LogP contribution in [0.3, 0.4) is 0 Å². The van der Waals surface area contributed by atoms with Crippen molar-refractivity contribution in [3.8, 4) is 0 Å². The van der Waals surface area contributed by atoms with Crippen molar-refractivity contribution in [2.75, 3.05) is 6.54 Å². The topological polar surface area (TPSA) is 49.3 Å². The lowest BCUT2D eigenvalue weighted by Gasteiger charge is -2.04. The number of thiocarbonyl (C=S) groups is 1. The van der Waals surface area contributed by atoms with E-state index >= 15 is 0 Å². The molecule has 2 N–H and O–H groups in total. The van der Waals surface area contributed by atoms with Crippen molar-refractivity contribution in [2.24, 2.45) is 5.10 Å². The molecule has 0 saturated heterocycles. The van der Waals surface area contributed by atoms with Crippen molar-refractivity contribution >= 4 is 23.5 Å². The molecule has 1 rings (SSSR count). The van der Waals surface area contributed by atoms with E-state index in [1.165, 1.54) is 0 Å². The summed E-state index contributed by atoms with van der Waals surface area (Å²) in [5.41, 5.74) is 3.69. The first kappa shape index (κ1) is 12.6. The van der Waals surface area contributed by atoms with Gasteiger partial charge in [0.15, 0.2) is 5.11 Å². The van der Waals surface area contributed by atoms with Crippen LogP contribution in [-0.4, -0.2) is 22.9 Å². The highest BCUT2D eigenvalue weighted by Crippen LogP contribution is 1.89. The molecule has 1 aromatic rings. The van der Waals surface area contributed by atoms with Gasteiger partial charge in [-0.05, 0) is 24.7 Å². The maximum absolute atomic E-state index is 5.03. The van der Waals surface area contributed by atoms with Gasteiger partial charge >= 0.3 is 0 Å². The van der Waals surface area contributed by atoms with E-state index in [0.717, 1.165) is 24.9 Å². The van der Waals surface area contributed by atoms with Crippen LogP contribution >= 0.6 is 12.2 Å². The van der Waals surface area contributed by atoms with E-state index in [1.807, 2.05) is 12.1 Å². The van der Waals surface area contributed by atoms with E-state index in [1.54, 1.807) is 18.6 Å². The summed E-state index contributed by atoms with van der Waals surface area (Å²) in [6.45, 7) is 3.02. The van der Waals surface area contributed by atoms with Crippen LogP contribution in [-0.2, 0) is 0 Å². The fourth-order valence-corrected chi connectivity index (χ4v) is 1.19. The molecule has 0 aliphatic heterocycles. The predicted octanol–water partition coefficient (Wildman–Crippen LogP) is 1.68. The molecule has 0 atom stereocenters. The van der Waals surface area contributed by atoms with Crippen LogP contribution in [0.1, 0.15) is 25.3 Å². The number of pyridine rings is 1. The monoisotopic (exact) mass is 236 g/mol. The summed E-state index contributed by atoms with van der Waals surface area (Å²) in [7, 11) is 0. The van der Waals surface area contributed by atoms with E-state index in [9.17, 15) is 0 Å². The molecule has 1 aromatic heterocycles. The van der Waals surface area contributed by atoms with Gasteiger partial charge in [0.1, 0.15) is 0 Å². The molecule has 0 saturated carbocycles. The molecule has 0 unspecified atom stereocenters. The molecular weight excluding hydrogens is 220 g/mol. The fraction of sp³-hybridized carbons (Fsp3) is 0.364. The zero-order valence-electron chi connectivity index (χ0n) is 9.31. The Morgan fingerprint density at radius 2 is 2.50 bits per heavy atom. The van der Waals surface area contributed by atoms with Crippen LogP contribution in [0.2, 0.25) is 0 Å². The van der Waals surface area contributed by atoms with Crippen LogP contribution in [0.4, 0.5) is 0 Å². The number of aromatic nitrogens is 1. The molecule has 0 spiro atoms. The summed E-state index contributed by atoms with van der Waals surface area (Å²) >= 11 is 5.03. The zero-order chi connectivity index (χ0) is 11.6. The maximum atomic E-state index is 5.03. The van der Waals surface area contributed by atoms with E-state index in [2.05, 4.69) is 27.8 Å². The summed E-state index contributed by atoms with van der Waals surface area (Å²) in [6, 6.07) is 3.78. The van der Waals surface area contributed by atoms with Gasteiger partial charge in [0.25, 0.3) is 0 Å². The minimum absolute atomic E-state index is 0.550. The predicted molar refractivity (Wildman–Crippen MR) is 70.5 cm³/mol. The fourth-order valence-electron chi connectivity index (χ4n) is 1.04. The normalized spacial score (nSPS) is 10.3. The standard InChI is InChI=1S/C11H16N4S/c1-2-3-7-13-11(16)15-14-9-10-5-4-6-12-8-10/h4-6,8-9H,2-3,7H2,1H3,(H2,13,15,16)/b14-9-. The molecule has 0 amide bonds. The Balaban J connectivity index is 2.24. The van der Waals surface area contributed by atoms with Crippen LogP contribution in [0.15, 0.2) is 29.6 Å². The van der Waals surface area contributed by atoms with E-state index in [4.69, 9.17) is 12.2 Å². The first-order valence-corrected chi connectivity index (χ1v) is 5.70. The van der Waals surface area contributed by atoms with Gasteiger partial charge in [-0.25, -0.2) is 0 Å². The summed E-state index contributed by atoms with van der Waals surface area (Å²) in [5.74, 6) is 0. The number of hydrogen-bond donors (Lipinski definition) is 2. The third-order valence-electron chi connectivity index (χ3n) is 1.88. The Labute approximate surface area is 101 Å². The van der Waals surface area contributed by atoms with Crippen molar-refractivity contribution in [2.45, 2.75) is 19.8 Å². The molecule has 0 radical (unpaired) electrons. The van der Waals surface area contributed by atoms with Crippen molar-refractivity contribution in [1.29, 1.82) is 0 Å². The van der Waals surface area contributed by atoms with Crippen molar-refractivity contribution in [1.82, 2.24) is 15.7 Å². The molecule has 0 aliphatic carbocycles. The molecule has 0 fully saturated rings. The van der Waals surface area contributed by atoms with Gasteiger partial charge in [0, 0.05) is 24.5 Å². The van der Waals surface area contributed by atoms with Gasteiger partial charge in [0.2, 0.25) is 0 Å². The smallest absolute Gasteiger partial charge is 0.186 e. The Kier molecular flexibility index (Phi) is 6.10. The number of unbranched alkanes of at least 4 members (excludes halogenated alkanes) is 1. The minimum Gasteiger partial charge on any atom is -0.361 e. The second-order valence-electron chi connectivity index (χ2n) is 3.27. The number of nitrogens with one attached hydrogen (secondary N) is 2. The van der Waals surface area contributed by atoms with Gasteiger partial charge < -0.3 is 5.32 Å². The minimum atomic E-state index is 0.550. The highest BCUT2D eigenvalue weighted by molar-refractivity contribution is 7.80. The molecule has 5 heteroatoms. The van der Waals surface area contributed by atoms with Crippen molar-refractivity contribution < 1.29 is 0 Å². The first-order valence-electron chi connectivity index (χ1n) is 5.30. The third kappa shape index (κ3) is 5.41. The van der Waals surface area contributed by atoms with Crippen LogP contribution < -0.4 is 10.7 Å². The molecular formula is C11H16N4S. The van der Waals surface area contributed by atoms with Crippen LogP contribution in [0.25, 0.3) is 0 Å². The highest BCUT2D eigenvalue weighted by Gasteiger charge is 1.90. The van der Waals surface area contributed by atoms with E-state index < -0.39 is 0 Å². The molecule has 0 aromatic carbocycles. The van der Waals surface area contributed by atoms with Crippen LogP contribution in [0.5, 0.6) is 0 Å². The number of nitrogens with zero attached hydrogens (tertiary/aromatic N) is 2. The Morgan fingerprint density at radius 1 is 1.62 bits per heavy atom. The first-order chi connectivity index (χ1) is 7.83. The van der Waals surface area contributed by atoms with E-state index in [-0.39, 0.29) is 0 Å². The summed E-state index contributed by atoms with van der Waals surface area (Å²) < 4.78 is 0. The number of hydrogen-bond acceptors (Lipinski definition) is 3. The SMILES string of the molecule is CCCCNC(=S)N/N=C\c1cccnc1. The lowest BCUT2D eigenvalue weighted by Crippen LogP contribution is -2.32. The second kappa shape index (κ2) is 7.76. The van der Waals surface area contributed by atoms with Gasteiger partial charge in [-0.1, -0.05) is 19.4 Å². The maximum Gasteiger partial charge on any atom is 0.186 e. The molecule has 0 aliphatic rings. The Bertz CT molecular complexity index is 337. The molecule has 4 nitrogen and oxygen atoms in total. The van der Waals surface area contributed by atoms with Gasteiger partial charge in [-0.3, -0.25) is 10.4 Å². The summed E-state index contributed by atoms with van der Waals surface area (Å²) in [6.07, 6.45) is 7.39. The zero-order valence-corrected chi connectivity index (χ0v) is 10.1. The molecule has 1 heterocycles. The Hall–Kier alpha value is -1.49. The summed E-state index contributed by atoms with van der Waals surface area (Å²) in [5, 5.41) is 7.61. The van der Waals surface area contributed by atoms with Gasteiger partial charge in [-0.15, -0.1) is 0 Å². The van der Waals surface area contributed by atoms with Crippen molar-refractivity contribution in [3.05, 3.63) is 30.1 Å². The lowest BCUT2D eigenvalue weighted by molar-refractivity contribution is 0.745. The molecule has 0 bridgehead atoms. The van der Waals surface area contributed by atoms with Crippen molar-refractivity contribution in [3.63, 3.8) is 0 Å². The molecule has 16 heavy (non-hydrogen) atoms. The lowest BCUT2D eigenvalue weighted by atomic mass is 10.3. The number of rotatable bonds is 5.